The molecule has 0 unspecified atom stereocenters. The van der Waals surface area contributed by atoms with Crippen molar-refractivity contribution in [2.24, 2.45) is 0 Å². The van der Waals surface area contributed by atoms with Crippen LogP contribution in [0.25, 0.3) is 0 Å². The maximum atomic E-state index is 12.8. The van der Waals surface area contributed by atoms with Crippen molar-refractivity contribution in [2.45, 2.75) is 11.8 Å². The quantitative estimate of drug-likeness (QED) is 0.581. The SMILES string of the molecule is Cc1ccc(S(=O)(=O)N2CCN(c3ncc(C(=O)NO)s3)CC2)cc1Cl. The van der Waals surface area contributed by atoms with Crippen molar-refractivity contribution in [1.82, 2.24) is 14.8 Å². The summed E-state index contributed by atoms with van der Waals surface area (Å²) in [7, 11) is -3.61. The van der Waals surface area contributed by atoms with Gasteiger partial charge in [0.15, 0.2) is 5.13 Å². The molecule has 0 bridgehead atoms. The number of benzene rings is 1. The summed E-state index contributed by atoms with van der Waals surface area (Å²) in [6.07, 6.45) is 1.38. The van der Waals surface area contributed by atoms with Crippen LogP contribution < -0.4 is 10.4 Å². The molecule has 1 aliphatic heterocycles. The van der Waals surface area contributed by atoms with Gasteiger partial charge in [-0.15, -0.1) is 0 Å². The van der Waals surface area contributed by atoms with Gasteiger partial charge < -0.3 is 4.90 Å². The number of sulfonamides is 1. The van der Waals surface area contributed by atoms with Crippen molar-refractivity contribution < 1.29 is 18.4 Å². The van der Waals surface area contributed by atoms with Gasteiger partial charge in [0, 0.05) is 31.2 Å². The van der Waals surface area contributed by atoms with Crippen LogP contribution in [-0.4, -0.2) is 55.0 Å². The average molecular weight is 417 g/mol. The van der Waals surface area contributed by atoms with Crippen LogP contribution in [0.4, 0.5) is 5.13 Å². The average Bonchev–Trinajstić information content (AvgIpc) is 3.13. The van der Waals surface area contributed by atoms with Gasteiger partial charge in [0.1, 0.15) is 4.88 Å². The Morgan fingerprint density at radius 1 is 1.31 bits per heavy atom. The summed E-state index contributed by atoms with van der Waals surface area (Å²) in [6.45, 7) is 3.32. The summed E-state index contributed by atoms with van der Waals surface area (Å²) < 4.78 is 27.0. The highest BCUT2D eigenvalue weighted by Gasteiger charge is 2.30. The highest BCUT2D eigenvalue weighted by Crippen LogP contribution is 2.27. The van der Waals surface area contributed by atoms with E-state index in [-0.39, 0.29) is 9.77 Å². The molecule has 1 fully saturated rings. The zero-order valence-electron chi connectivity index (χ0n) is 13.8. The lowest BCUT2D eigenvalue weighted by Crippen LogP contribution is -2.48. The fourth-order valence-corrected chi connectivity index (χ4v) is 5.13. The highest BCUT2D eigenvalue weighted by atomic mass is 35.5. The zero-order valence-corrected chi connectivity index (χ0v) is 16.2. The molecule has 140 valence electrons. The highest BCUT2D eigenvalue weighted by molar-refractivity contribution is 7.89. The first-order valence-electron chi connectivity index (χ1n) is 7.74. The van der Waals surface area contributed by atoms with Crippen molar-refractivity contribution in [3.8, 4) is 0 Å². The van der Waals surface area contributed by atoms with Crippen molar-refractivity contribution in [1.29, 1.82) is 0 Å². The van der Waals surface area contributed by atoms with E-state index in [0.29, 0.717) is 36.3 Å². The molecule has 2 aromatic rings. The van der Waals surface area contributed by atoms with Crippen molar-refractivity contribution in [2.75, 3.05) is 31.1 Å². The molecular formula is C15H17ClN4O4S2. The third-order valence-corrected chi connectivity index (χ3v) is 7.47. The van der Waals surface area contributed by atoms with Crippen LogP contribution in [0, 0.1) is 6.92 Å². The number of hydroxylamine groups is 1. The van der Waals surface area contributed by atoms with Gasteiger partial charge >= 0.3 is 0 Å². The number of amides is 1. The number of piperazine rings is 1. The van der Waals surface area contributed by atoms with Gasteiger partial charge in [-0.1, -0.05) is 29.0 Å². The number of hydrogen-bond donors (Lipinski definition) is 2. The van der Waals surface area contributed by atoms with Crippen LogP contribution in [-0.2, 0) is 10.0 Å². The van der Waals surface area contributed by atoms with E-state index in [1.807, 2.05) is 11.8 Å². The van der Waals surface area contributed by atoms with Crippen LogP contribution in [0.5, 0.6) is 0 Å². The Balaban J connectivity index is 1.70. The number of carbonyl (C=O) groups is 1. The van der Waals surface area contributed by atoms with Gasteiger partial charge in [-0.2, -0.15) is 4.31 Å². The number of aromatic nitrogens is 1. The van der Waals surface area contributed by atoms with Crippen molar-refractivity contribution >= 4 is 44.0 Å². The number of thiazole rings is 1. The largest absolute Gasteiger partial charge is 0.345 e. The molecule has 1 aromatic carbocycles. The molecule has 0 saturated carbocycles. The predicted octanol–water partition coefficient (Wildman–Crippen LogP) is 1.73. The zero-order chi connectivity index (χ0) is 18.9. The van der Waals surface area contributed by atoms with E-state index in [9.17, 15) is 13.2 Å². The number of anilines is 1. The molecule has 1 aliphatic rings. The van der Waals surface area contributed by atoms with E-state index in [4.69, 9.17) is 16.8 Å². The molecule has 0 atom stereocenters. The number of rotatable bonds is 4. The topological polar surface area (TPSA) is 103 Å². The van der Waals surface area contributed by atoms with Gasteiger partial charge in [0.05, 0.1) is 11.1 Å². The summed E-state index contributed by atoms with van der Waals surface area (Å²) in [5, 5.41) is 9.69. The second kappa shape index (κ2) is 7.49. The fourth-order valence-electron chi connectivity index (χ4n) is 2.57. The molecule has 3 rings (SSSR count). The number of aryl methyl sites for hydroxylation is 1. The number of hydrogen-bond acceptors (Lipinski definition) is 7. The van der Waals surface area contributed by atoms with E-state index < -0.39 is 15.9 Å². The Hall–Kier alpha value is -1.72. The number of nitrogens with zero attached hydrogens (tertiary/aromatic N) is 3. The second-order valence-electron chi connectivity index (χ2n) is 5.75. The molecule has 26 heavy (non-hydrogen) atoms. The normalized spacial score (nSPS) is 15.9. The first-order chi connectivity index (χ1) is 12.3. The Morgan fingerprint density at radius 2 is 2.00 bits per heavy atom. The maximum Gasteiger partial charge on any atom is 0.286 e. The Morgan fingerprint density at radius 3 is 2.62 bits per heavy atom. The van der Waals surface area contributed by atoms with Crippen LogP contribution in [0.2, 0.25) is 5.02 Å². The first kappa shape index (κ1) is 19.1. The predicted molar refractivity (Wildman–Crippen MR) is 98.5 cm³/mol. The van der Waals surface area contributed by atoms with Crippen LogP contribution >= 0.6 is 22.9 Å². The minimum Gasteiger partial charge on any atom is -0.345 e. The van der Waals surface area contributed by atoms with Gasteiger partial charge in [-0.05, 0) is 24.6 Å². The van der Waals surface area contributed by atoms with Crippen molar-refractivity contribution in [3.05, 3.63) is 39.9 Å². The molecular weight excluding hydrogens is 400 g/mol. The summed E-state index contributed by atoms with van der Waals surface area (Å²) in [6, 6.07) is 4.72. The molecule has 2 N–H and O–H groups in total. The van der Waals surface area contributed by atoms with E-state index in [2.05, 4.69) is 4.98 Å². The van der Waals surface area contributed by atoms with Crippen molar-refractivity contribution in [3.63, 3.8) is 0 Å². The molecule has 8 nitrogen and oxygen atoms in total. The summed E-state index contributed by atoms with van der Waals surface area (Å²) in [5.41, 5.74) is 2.39. The Kier molecular flexibility index (Phi) is 5.49. The van der Waals surface area contributed by atoms with Crippen LogP contribution in [0.1, 0.15) is 15.2 Å². The molecule has 2 heterocycles. The number of carbonyl (C=O) groups excluding carboxylic acids is 1. The third-order valence-electron chi connectivity index (χ3n) is 4.11. The van der Waals surface area contributed by atoms with Gasteiger partial charge in [0.25, 0.3) is 5.91 Å². The molecule has 1 aromatic heterocycles. The summed E-state index contributed by atoms with van der Waals surface area (Å²) in [5.74, 6) is -0.619. The maximum absolute atomic E-state index is 12.8. The lowest BCUT2D eigenvalue weighted by atomic mass is 10.2. The smallest absolute Gasteiger partial charge is 0.286 e. The molecule has 0 radical (unpaired) electrons. The number of nitrogens with one attached hydrogen (secondary N) is 1. The lowest BCUT2D eigenvalue weighted by molar-refractivity contribution is 0.0710. The minimum atomic E-state index is -3.61. The van der Waals surface area contributed by atoms with E-state index in [1.54, 1.807) is 17.6 Å². The van der Waals surface area contributed by atoms with Crippen LogP contribution in [0.3, 0.4) is 0 Å². The van der Waals surface area contributed by atoms with Crippen LogP contribution in [0.15, 0.2) is 29.3 Å². The Labute approximate surface area is 160 Å². The molecule has 11 heteroatoms. The van der Waals surface area contributed by atoms with E-state index >= 15 is 0 Å². The van der Waals surface area contributed by atoms with E-state index in [0.717, 1.165) is 16.9 Å². The standard InChI is InChI=1S/C15H17ClN4O4S2/c1-10-2-3-11(8-12(10)16)26(23,24)20-6-4-19(5-7-20)15-17-9-13(25-15)14(21)18-22/h2-3,8-9,22H,4-7H2,1H3,(H,18,21). The monoisotopic (exact) mass is 416 g/mol. The second-order valence-corrected chi connectivity index (χ2v) is 9.10. The van der Waals surface area contributed by atoms with Gasteiger partial charge in [-0.3, -0.25) is 10.0 Å². The summed E-state index contributed by atoms with van der Waals surface area (Å²) >= 11 is 7.19. The third kappa shape index (κ3) is 3.69. The molecule has 0 spiro atoms. The summed E-state index contributed by atoms with van der Waals surface area (Å²) in [4.78, 5) is 17.9. The number of halogens is 1. The van der Waals surface area contributed by atoms with Gasteiger partial charge in [-0.25, -0.2) is 18.9 Å². The minimum absolute atomic E-state index is 0.178. The fraction of sp³-hybridized carbons (Fsp3) is 0.333. The first-order valence-corrected chi connectivity index (χ1v) is 10.4. The molecule has 1 saturated heterocycles. The lowest BCUT2D eigenvalue weighted by Gasteiger charge is -2.33. The van der Waals surface area contributed by atoms with E-state index in [1.165, 1.54) is 16.6 Å². The molecule has 0 aliphatic carbocycles. The molecule has 1 amide bonds. The Bertz CT molecular complexity index is 923. The van der Waals surface area contributed by atoms with Gasteiger partial charge in [0.2, 0.25) is 10.0 Å².